The Morgan fingerprint density at radius 1 is 1.25 bits per heavy atom. The van der Waals surface area contributed by atoms with Crippen molar-refractivity contribution in [3.63, 3.8) is 0 Å². The van der Waals surface area contributed by atoms with E-state index in [1.165, 1.54) is 12.1 Å². The third-order valence-electron chi connectivity index (χ3n) is 2.56. The molecule has 3 nitrogen and oxygen atoms in total. The van der Waals surface area contributed by atoms with E-state index in [0.717, 1.165) is 10.0 Å². The van der Waals surface area contributed by atoms with Gasteiger partial charge in [-0.15, -0.1) is 0 Å². The first kappa shape index (κ1) is 15.2. The molecule has 0 aliphatic rings. The molecule has 0 saturated carbocycles. The van der Waals surface area contributed by atoms with Gasteiger partial charge in [0.25, 0.3) is 0 Å². The summed E-state index contributed by atoms with van der Waals surface area (Å²) in [6, 6.07) is 10.3. The van der Waals surface area contributed by atoms with Crippen molar-refractivity contribution in [3.8, 4) is 5.75 Å². The van der Waals surface area contributed by atoms with Crippen LogP contribution in [0.2, 0.25) is 10.0 Å². The van der Waals surface area contributed by atoms with Crippen LogP contribution >= 0.6 is 39.1 Å². The summed E-state index contributed by atoms with van der Waals surface area (Å²) in [5, 5.41) is 12.8. The summed E-state index contributed by atoms with van der Waals surface area (Å²) in [4.78, 5) is 11.9. The molecule has 0 aromatic heterocycles. The van der Waals surface area contributed by atoms with Gasteiger partial charge in [-0.25, -0.2) is 0 Å². The molecule has 0 atom stereocenters. The van der Waals surface area contributed by atoms with E-state index in [1.807, 2.05) is 24.3 Å². The Balaban J connectivity index is 2.12. The zero-order valence-corrected chi connectivity index (χ0v) is 13.3. The van der Waals surface area contributed by atoms with Gasteiger partial charge in [0.2, 0.25) is 5.91 Å². The van der Waals surface area contributed by atoms with Gasteiger partial charge in [0.05, 0.1) is 17.1 Å². The molecule has 2 rings (SSSR count). The Bertz CT molecular complexity index is 662. The van der Waals surface area contributed by atoms with Crippen LogP contribution in [0.5, 0.6) is 5.75 Å². The van der Waals surface area contributed by atoms with Crippen molar-refractivity contribution in [1.29, 1.82) is 0 Å². The van der Waals surface area contributed by atoms with Crippen LogP contribution in [-0.2, 0) is 11.2 Å². The number of hydrogen-bond donors (Lipinski definition) is 2. The fourth-order valence-electron chi connectivity index (χ4n) is 1.69. The summed E-state index contributed by atoms with van der Waals surface area (Å²) < 4.78 is 0.899. The lowest BCUT2D eigenvalue weighted by atomic mass is 10.1. The number of hydrogen-bond acceptors (Lipinski definition) is 2. The number of carbonyl (C=O) groups is 1. The molecule has 2 aromatic rings. The zero-order chi connectivity index (χ0) is 14.7. The maximum absolute atomic E-state index is 11.9. The molecule has 0 radical (unpaired) electrons. The Morgan fingerprint density at radius 3 is 2.70 bits per heavy atom. The number of aromatic hydroxyl groups is 1. The smallest absolute Gasteiger partial charge is 0.228 e. The first-order valence-electron chi connectivity index (χ1n) is 5.68. The number of halogens is 3. The number of benzene rings is 2. The molecule has 0 saturated heterocycles. The van der Waals surface area contributed by atoms with E-state index in [0.29, 0.717) is 5.02 Å². The second-order valence-electron chi connectivity index (χ2n) is 4.14. The van der Waals surface area contributed by atoms with Crippen molar-refractivity contribution < 1.29 is 9.90 Å². The highest BCUT2D eigenvalue weighted by molar-refractivity contribution is 9.10. The van der Waals surface area contributed by atoms with E-state index < -0.39 is 0 Å². The highest BCUT2D eigenvalue weighted by Gasteiger charge is 2.11. The Kier molecular flexibility index (Phi) is 4.91. The highest BCUT2D eigenvalue weighted by Crippen LogP contribution is 2.35. The van der Waals surface area contributed by atoms with E-state index in [9.17, 15) is 9.90 Å². The van der Waals surface area contributed by atoms with E-state index in [4.69, 9.17) is 23.2 Å². The quantitative estimate of drug-likeness (QED) is 0.768. The lowest BCUT2D eigenvalue weighted by Crippen LogP contribution is -2.14. The molecule has 2 N–H and O–H groups in total. The van der Waals surface area contributed by atoms with Crippen molar-refractivity contribution in [2.75, 3.05) is 5.32 Å². The van der Waals surface area contributed by atoms with Crippen molar-refractivity contribution in [1.82, 2.24) is 0 Å². The van der Waals surface area contributed by atoms with Crippen molar-refractivity contribution >= 4 is 50.7 Å². The average molecular weight is 375 g/mol. The Morgan fingerprint density at radius 2 is 2.00 bits per heavy atom. The van der Waals surface area contributed by atoms with Crippen molar-refractivity contribution in [2.45, 2.75) is 6.42 Å². The number of phenols is 1. The van der Waals surface area contributed by atoms with E-state index in [2.05, 4.69) is 21.2 Å². The maximum atomic E-state index is 11.9. The average Bonchev–Trinajstić information content (AvgIpc) is 2.35. The Hall–Kier alpha value is -1.23. The van der Waals surface area contributed by atoms with Gasteiger partial charge in [0, 0.05) is 9.50 Å². The number of rotatable bonds is 3. The molecule has 2 aromatic carbocycles. The molecule has 20 heavy (non-hydrogen) atoms. The second kappa shape index (κ2) is 6.48. The third kappa shape index (κ3) is 3.88. The van der Waals surface area contributed by atoms with Crippen LogP contribution in [-0.4, -0.2) is 11.0 Å². The van der Waals surface area contributed by atoms with Crippen LogP contribution in [0.1, 0.15) is 5.56 Å². The number of phenolic OH excluding ortho intramolecular Hbond substituents is 1. The monoisotopic (exact) mass is 373 g/mol. The minimum atomic E-state index is -0.267. The zero-order valence-electron chi connectivity index (χ0n) is 10.2. The van der Waals surface area contributed by atoms with Gasteiger partial charge >= 0.3 is 0 Å². The van der Waals surface area contributed by atoms with Gasteiger partial charge in [-0.3, -0.25) is 4.79 Å². The summed E-state index contributed by atoms with van der Waals surface area (Å²) in [7, 11) is 0. The number of carbonyl (C=O) groups excluding carboxylic acids is 1. The minimum Gasteiger partial charge on any atom is -0.504 e. The van der Waals surface area contributed by atoms with Gasteiger partial charge < -0.3 is 10.4 Å². The van der Waals surface area contributed by atoms with E-state index >= 15 is 0 Å². The van der Waals surface area contributed by atoms with Crippen LogP contribution in [0, 0.1) is 0 Å². The first-order chi connectivity index (χ1) is 9.45. The third-order valence-corrected chi connectivity index (χ3v) is 3.56. The molecule has 6 heteroatoms. The molecule has 0 unspecified atom stereocenters. The van der Waals surface area contributed by atoms with Gasteiger partial charge in [-0.2, -0.15) is 0 Å². The summed E-state index contributed by atoms with van der Waals surface area (Å²) >= 11 is 15.0. The summed E-state index contributed by atoms with van der Waals surface area (Å²) in [6.07, 6.45) is 0.184. The lowest BCUT2D eigenvalue weighted by molar-refractivity contribution is -0.115. The number of anilines is 1. The fourth-order valence-corrected chi connectivity index (χ4v) is 2.63. The van der Waals surface area contributed by atoms with Crippen LogP contribution in [0.3, 0.4) is 0 Å². The van der Waals surface area contributed by atoms with E-state index in [1.54, 1.807) is 0 Å². The van der Waals surface area contributed by atoms with Crippen molar-refractivity contribution in [3.05, 3.63) is 56.5 Å². The Labute approximate surface area is 134 Å². The van der Waals surface area contributed by atoms with Gasteiger partial charge in [-0.1, -0.05) is 51.3 Å². The number of amides is 1. The lowest BCUT2D eigenvalue weighted by Gasteiger charge is -2.09. The van der Waals surface area contributed by atoms with E-state index in [-0.39, 0.29) is 28.8 Å². The standard InChI is InChI=1S/C14H10BrCl2NO2/c15-9-3-1-2-8(4-9)5-13(19)18-12-7-10(16)6-11(17)14(12)20/h1-4,6-7,20H,5H2,(H,18,19). The normalized spacial score (nSPS) is 10.3. The van der Waals surface area contributed by atoms with Crippen LogP contribution in [0.4, 0.5) is 5.69 Å². The summed E-state index contributed by atoms with van der Waals surface area (Å²) in [5.41, 5.74) is 1.05. The molecule has 1 amide bonds. The molecule has 0 heterocycles. The molecule has 0 bridgehead atoms. The molecule has 104 valence electrons. The number of nitrogens with one attached hydrogen (secondary N) is 1. The molecular weight excluding hydrogens is 365 g/mol. The largest absolute Gasteiger partial charge is 0.504 e. The fraction of sp³-hybridized carbons (Fsp3) is 0.0714. The highest BCUT2D eigenvalue weighted by atomic mass is 79.9. The van der Waals surface area contributed by atoms with Gasteiger partial charge in [-0.05, 0) is 29.8 Å². The predicted octanol–water partition coefficient (Wildman–Crippen LogP) is 4.64. The first-order valence-corrected chi connectivity index (χ1v) is 7.23. The van der Waals surface area contributed by atoms with Crippen LogP contribution < -0.4 is 5.32 Å². The minimum absolute atomic E-state index is 0.0928. The molecule has 0 aliphatic heterocycles. The predicted molar refractivity (Wildman–Crippen MR) is 84.6 cm³/mol. The van der Waals surface area contributed by atoms with Crippen LogP contribution in [0.25, 0.3) is 0 Å². The summed E-state index contributed by atoms with van der Waals surface area (Å²) in [5.74, 6) is -0.463. The molecule has 0 aliphatic carbocycles. The molecule has 0 fully saturated rings. The SMILES string of the molecule is O=C(Cc1cccc(Br)c1)Nc1cc(Cl)cc(Cl)c1O. The molecular formula is C14H10BrCl2NO2. The summed E-state index contributed by atoms with van der Waals surface area (Å²) in [6.45, 7) is 0. The van der Waals surface area contributed by atoms with Gasteiger partial charge in [0.1, 0.15) is 0 Å². The van der Waals surface area contributed by atoms with Crippen molar-refractivity contribution in [2.24, 2.45) is 0 Å². The second-order valence-corrected chi connectivity index (χ2v) is 5.90. The maximum Gasteiger partial charge on any atom is 0.228 e. The van der Waals surface area contributed by atoms with Crippen LogP contribution in [0.15, 0.2) is 40.9 Å². The topological polar surface area (TPSA) is 49.3 Å². The van der Waals surface area contributed by atoms with Gasteiger partial charge in [0.15, 0.2) is 5.75 Å². The molecule has 0 spiro atoms.